The molecule has 2 aliphatic heterocycles. The van der Waals surface area contributed by atoms with E-state index in [-0.39, 0.29) is 5.69 Å². The van der Waals surface area contributed by atoms with Gasteiger partial charge in [-0.3, -0.25) is 10.1 Å². The van der Waals surface area contributed by atoms with Crippen LogP contribution in [0, 0.1) is 17.0 Å². The third-order valence-electron chi connectivity index (χ3n) is 4.18. The third kappa shape index (κ3) is 2.58. The molecule has 25 heavy (non-hydrogen) atoms. The average molecular weight is 373 g/mol. The molecule has 0 fully saturated rings. The molecule has 0 radical (unpaired) electrons. The lowest BCUT2D eigenvalue weighted by Gasteiger charge is -2.33. The zero-order chi connectivity index (χ0) is 17.8. The number of nitro benzene ring substituents is 1. The van der Waals surface area contributed by atoms with Gasteiger partial charge in [0.25, 0.3) is 0 Å². The van der Waals surface area contributed by atoms with Crippen LogP contribution in [0.25, 0.3) is 6.08 Å². The zero-order valence-corrected chi connectivity index (χ0v) is 15.5. The van der Waals surface area contributed by atoms with E-state index >= 15 is 0 Å². The van der Waals surface area contributed by atoms with Gasteiger partial charge in [-0.25, -0.2) is 0 Å². The first kappa shape index (κ1) is 16.4. The van der Waals surface area contributed by atoms with Gasteiger partial charge in [0.1, 0.15) is 5.75 Å². The van der Waals surface area contributed by atoms with Gasteiger partial charge in [0.15, 0.2) is 0 Å². The summed E-state index contributed by atoms with van der Waals surface area (Å²) >= 11 is 3.18. The van der Waals surface area contributed by atoms with Crippen LogP contribution in [0.4, 0.5) is 5.69 Å². The maximum Gasteiger partial charge on any atom is 0.315 e. The number of ether oxygens (including phenoxy) is 2. The fourth-order valence-electron chi connectivity index (χ4n) is 2.91. The van der Waals surface area contributed by atoms with Crippen molar-refractivity contribution in [3.8, 4) is 11.5 Å². The summed E-state index contributed by atoms with van der Waals surface area (Å²) in [7, 11) is 1.49. The highest BCUT2D eigenvalue weighted by Crippen LogP contribution is 2.62. The van der Waals surface area contributed by atoms with Crippen LogP contribution < -0.4 is 9.47 Å². The Hall–Kier alpha value is -2.12. The SMILES string of the molecule is COc1cc2c(c([N+](=O)[O-])c1)OC1(Sc3ccc(C)cc3S1)C(C)=C2. The minimum absolute atomic E-state index is 0.0780. The monoisotopic (exact) mass is 373 g/mol. The smallest absolute Gasteiger partial charge is 0.315 e. The molecule has 128 valence electrons. The zero-order valence-electron chi connectivity index (χ0n) is 13.9. The Labute approximate surface area is 153 Å². The van der Waals surface area contributed by atoms with Gasteiger partial charge >= 0.3 is 5.69 Å². The highest BCUT2D eigenvalue weighted by molar-refractivity contribution is 8.20. The Morgan fingerprint density at radius 2 is 1.92 bits per heavy atom. The van der Waals surface area contributed by atoms with Crippen molar-refractivity contribution in [2.24, 2.45) is 0 Å². The predicted molar refractivity (Wildman–Crippen MR) is 99.6 cm³/mol. The van der Waals surface area contributed by atoms with Crippen molar-refractivity contribution in [2.45, 2.75) is 27.9 Å². The Morgan fingerprint density at radius 3 is 2.64 bits per heavy atom. The van der Waals surface area contributed by atoms with Gasteiger partial charge < -0.3 is 9.47 Å². The Balaban J connectivity index is 1.83. The number of thioether (sulfide) groups is 2. The Morgan fingerprint density at radius 1 is 1.16 bits per heavy atom. The molecule has 5 nitrogen and oxygen atoms in total. The molecule has 0 aromatic heterocycles. The predicted octanol–water partition coefficient (Wildman–Crippen LogP) is 5.26. The highest BCUT2D eigenvalue weighted by Gasteiger charge is 2.47. The first-order chi connectivity index (χ1) is 11.9. The fraction of sp³-hybridized carbons (Fsp3) is 0.222. The largest absolute Gasteiger partial charge is 0.496 e. The molecular weight excluding hydrogens is 358 g/mol. The van der Waals surface area contributed by atoms with Crippen LogP contribution in [0.3, 0.4) is 0 Å². The maximum atomic E-state index is 11.5. The number of benzene rings is 2. The van der Waals surface area contributed by atoms with E-state index in [0.717, 1.165) is 15.4 Å². The molecule has 2 aromatic rings. The second kappa shape index (κ2) is 5.71. The van der Waals surface area contributed by atoms with E-state index < -0.39 is 9.19 Å². The molecular formula is C18H15NO4S2. The van der Waals surface area contributed by atoms with Crippen molar-refractivity contribution in [1.82, 2.24) is 0 Å². The lowest BCUT2D eigenvalue weighted by atomic mass is 10.1. The quantitative estimate of drug-likeness (QED) is 0.529. The number of nitro groups is 1. The first-order valence-electron chi connectivity index (χ1n) is 7.65. The summed E-state index contributed by atoms with van der Waals surface area (Å²) in [5.74, 6) is 0.737. The van der Waals surface area contributed by atoms with Gasteiger partial charge in [0, 0.05) is 15.4 Å². The van der Waals surface area contributed by atoms with E-state index in [1.807, 2.05) is 19.9 Å². The van der Waals surface area contributed by atoms with Crippen LogP contribution in [0.15, 0.2) is 45.7 Å². The summed E-state index contributed by atoms with van der Waals surface area (Å²) in [6.07, 6.45) is 1.95. The molecule has 1 unspecified atom stereocenters. The van der Waals surface area contributed by atoms with Crippen molar-refractivity contribution in [2.75, 3.05) is 7.11 Å². The van der Waals surface area contributed by atoms with Gasteiger partial charge in [0.2, 0.25) is 10.0 Å². The molecule has 0 saturated carbocycles. The Kier molecular flexibility index (Phi) is 3.73. The molecule has 0 amide bonds. The summed E-state index contributed by atoms with van der Waals surface area (Å²) in [5.41, 5.74) is 2.78. The summed E-state index contributed by atoms with van der Waals surface area (Å²) in [6, 6.07) is 9.43. The number of hydrogen-bond donors (Lipinski definition) is 0. The highest BCUT2D eigenvalue weighted by atomic mass is 32.2. The summed E-state index contributed by atoms with van der Waals surface area (Å²) < 4.78 is 10.7. The minimum atomic E-state index is -0.706. The first-order valence-corrected chi connectivity index (χ1v) is 9.28. The maximum absolute atomic E-state index is 11.5. The lowest BCUT2D eigenvalue weighted by molar-refractivity contribution is -0.386. The number of aryl methyl sites for hydroxylation is 1. The van der Waals surface area contributed by atoms with Crippen molar-refractivity contribution >= 4 is 35.3 Å². The number of fused-ring (bicyclic) bond motifs is 2. The number of nitrogens with zero attached hydrogens (tertiary/aromatic N) is 1. The molecule has 0 saturated heterocycles. The van der Waals surface area contributed by atoms with Crippen LogP contribution in [-0.4, -0.2) is 16.3 Å². The molecule has 0 aliphatic carbocycles. The second-order valence-corrected chi connectivity index (χ2v) is 8.66. The van der Waals surface area contributed by atoms with E-state index in [1.54, 1.807) is 29.6 Å². The Bertz CT molecular complexity index is 941. The van der Waals surface area contributed by atoms with E-state index in [9.17, 15) is 10.1 Å². The van der Waals surface area contributed by atoms with Crippen molar-refractivity contribution in [3.63, 3.8) is 0 Å². The topological polar surface area (TPSA) is 61.6 Å². The molecule has 1 spiro atoms. The van der Waals surface area contributed by atoms with Crippen LogP contribution >= 0.6 is 23.5 Å². The summed E-state index contributed by atoms with van der Waals surface area (Å²) in [4.78, 5) is 13.4. The molecule has 7 heteroatoms. The molecule has 2 heterocycles. The van der Waals surface area contributed by atoms with Gasteiger partial charge in [-0.1, -0.05) is 29.6 Å². The van der Waals surface area contributed by atoms with E-state index in [4.69, 9.17) is 9.47 Å². The number of rotatable bonds is 2. The van der Waals surface area contributed by atoms with Crippen LogP contribution in [0.2, 0.25) is 0 Å². The summed E-state index contributed by atoms with van der Waals surface area (Å²) in [5, 5.41) is 11.5. The van der Waals surface area contributed by atoms with Gasteiger partial charge in [-0.2, -0.15) is 0 Å². The van der Waals surface area contributed by atoms with Crippen molar-refractivity contribution < 1.29 is 14.4 Å². The second-order valence-electron chi connectivity index (χ2n) is 5.96. The van der Waals surface area contributed by atoms with Gasteiger partial charge in [-0.05, 0) is 49.3 Å². The van der Waals surface area contributed by atoms with E-state index in [1.165, 1.54) is 18.7 Å². The van der Waals surface area contributed by atoms with E-state index in [2.05, 4.69) is 18.2 Å². The van der Waals surface area contributed by atoms with Crippen LogP contribution in [0.5, 0.6) is 11.5 Å². The van der Waals surface area contributed by atoms with E-state index in [0.29, 0.717) is 17.1 Å². The molecule has 4 rings (SSSR count). The molecule has 2 aliphatic rings. The molecule has 1 atom stereocenters. The third-order valence-corrected chi connectivity index (χ3v) is 7.29. The van der Waals surface area contributed by atoms with Gasteiger partial charge in [0.05, 0.1) is 18.1 Å². The number of methoxy groups -OCH3 is 1. The van der Waals surface area contributed by atoms with Crippen molar-refractivity contribution in [3.05, 3.63) is 57.1 Å². The molecule has 0 N–H and O–H groups in total. The normalized spacial score (nSPS) is 20.5. The number of hydrogen-bond acceptors (Lipinski definition) is 6. The average Bonchev–Trinajstić information content (AvgIpc) is 2.93. The summed E-state index contributed by atoms with van der Waals surface area (Å²) in [6.45, 7) is 4.04. The standard InChI is InChI=1S/C18H15NO4S2/c1-10-4-5-15-16(6-10)25-18(24-15)11(2)7-12-8-13(22-3)9-14(19(20)21)17(12)23-18/h4-9H,1-3H3. The molecule has 0 bridgehead atoms. The lowest BCUT2D eigenvalue weighted by Crippen LogP contribution is -2.30. The molecule has 2 aromatic carbocycles. The van der Waals surface area contributed by atoms with Crippen LogP contribution in [0.1, 0.15) is 18.1 Å². The fourth-order valence-corrected chi connectivity index (χ4v) is 5.84. The van der Waals surface area contributed by atoms with Gasteiger partial charge in [-0.15, -0.1) is 0 Å². The van der Waals surface area contributed by atoms with Crippen molar-refractivity contribution in [1.29, 1.82) is 0 Å². The minimum Gasteiger partial charge on any atom is -0.496 e. The van der Waals surface area contributed by atoms with Crippen LogP contribution in [-0.2, 0) is 0 Å².